The first-order valence-corrected chi connectivity index (χ1v) is 6.63. The first kappa shape index (κ1) is 12.9. The molecule has 2 atom stereocenters. The van der Waals surface area contributed by atoms with Gasteiger partial charge in [-0.05, 0) is 48.4 Å². The van der Waals surface area contributed by atoms with Crippen molar-refractivity contribution in [2.75, 3.05) is 12.4 Å². The number of benzene rings is 1. The Kier molecular flexibility index (Phi) is 3.90. The van der Waals surface area contributed by atoms with Crippen LogP contribution in [0.15, 0.2) is 18.2 Å². The fourth-order valence-corrected chi connectivity index (χ4v) is 2.28. The second kappa shape index (κ2) is 5.42. The lowest BCUT2D eigenvalue weighted by Crippen LogP contribution is -2.12. The molecule has 1 aliphatic carbocycles. The summed E-state index contributed by atoms with van der Waals surface area (Å²) in [6.07, 6.45) is 2.65. The van der Waals surface area contributed by atoms with Crippen molar-refractivity contribution in [2.24, 2.45) is 5.92 Å². The van der Waals surface area contributed by atoms with Gasteiger partial charge in [0.05, 0.1) is 7.11 Å². The van der Waals surface area contributed by atoms with Gasteiger partial charge < -0.3 is 10.1 Å². The molecule has 1 saturated carbocycles. The van der Waals surface area contributed by atoms with E-state index in [1.165, 1.54) is 12.0 Å². The van der Waals surface area contributed by atoms with E-state index in [1.54, 1.807) is 7.11 Å². The Balaban J connectivity index is 2.20. The van der Waals surface area contributed by atoms with Crippen molar-refractivity contribution in [3.63, 3.8) is 0 Å². The monoisotopic (exact) mass is 247 g/mol. The zero-order chi connectivity index (χ0) is 13.1. The van der Waals surface area contributed by atoms with Crippen LogP contribution in [0.1, 0.15) is 44.6 Å². The van der Waals surface area contributed by atoms with Gasteiger partial charge in [0.15, 0.2) is 0 Å². The van der Waals surface area contributed by atoms with Gasteiger partial charge in [-0.25, -0.2) is 0 Å². The van der Waals surface area contributed by atoms with Crippen LogP contribution in [0.4, 0.5) is 5.69 Å². The molecular weight excluding hydrogens is 226 g/mol. The lowest BCUT2D eigenvalue weighted by Gasteiger charge is -2.12. The average Bonchev–Trinajstić information content (AvgIpc) is 3.07. The number of carbonyl (C=O) groups excluding carboxylic acids is 1. The molecule has 0 spiro atoms. The van der Waals surface area contributed by atoms with Crippen molar-refractivity contribution in [3.05, 3.63) is 23.8 Å². The number of amides is 1. The lowest BCUT2D eigenvalue weighted by molar-refractivity contribution is -0.116. The standard InChI is InChI=1S/C15H21NO2/c1-4-5-15(17)16-14-7-6-11(18-3)9-13(14)12-8-10(12)2/h6-7,9-10,12H,4-5,8H2,1-3H3,(H,16,17). The Morgan fingerprint density at radius 1 is 1.50 bits per heavy atom. The van der Waals surface area contributed by atoms with Crippen LogP contribution in [0.2, 0.25) is 0 Å². The first-order valence-electron chi connectivity index (χ1n) is 6.63. The third-order valence-corrected chi connectivity index (χ3v) is 3.52. The van der Waals surface area contributed by atoms with Gasteiger partial charge >= 0.3 is 0 Å². The zero-order valence-electron chi connectivity index (χ0n) is 11.3. The van der Waals surface area contributed by atoms with E-state index in [0.29, 0.717) is 18.3 Å². The van der Waals surface area contributed by atoms with Crippen LogP contribution in [-0.4, -0.2) is 13.0 Å². The Labute approximate surface area is 109 Å². The van der Waals surface area contributed by atoms with Gasteiger partial charge in [-0.3, -0.25) is 4.79 Å². The van der Waals surface area contributed by atoms with E-state index in [2.05, 4.69) is 18.3 Å². The maximum atomic E-state index is 11.7. The Morgan fingerprint density at radius 2 is 2.22 bits per heavy atom. The second-order valence-corrected chi connectivity index (χ2v) is 5.07. The minimum atomic E-state index is 0.0946. The fourth-order valence-electron chi connectivity index (χ4n) is 2.28. The van der Waals surface area contributed by atoms with Crippen molar-refractivity contribution >= 4 is 11.6 Å². The highest BCUT2D eigenvalue weighted by molar-refractivity contribution is 5.91. The van der Waals surface area contributed by atoms with E-state index >= 15 is 0 Å². The lowest BCUT2D eigenvalue weighted by atomic mass is 10.1. The number of anilines is 1. The van der Waals surface area contributed by atoms with E-state index in [9.17, 15) is 4.79 Å². The van der Waals surface area contributed by atoms with E-state index in [4.69, 9.17) is 4.74 Å². The van der Waals surface area contributed by atoms with Gasteiger partial charge in [0.25, 0.3) is 0 Å². The molecule has 98 valence electrons. The molecule has 0 heterocycles. The number of hydrogen-bond donors (Lipinski definition) is 1. The van der Waals surface area contributed by atoms with Crippen LogP contribution in [0.5, 0.6) is 5.75 Å². The molecular formula is C15H21NO2. The maximum absolute atomic E-state index is 11.7. The highest BCUT2D eigenvalue weighted by Crippen LogP contribution is 2.50. The third kappa shape index (κ3) is 2.84. The van der Waals surface area contributed by atoms with Crippen LogP contribution >= 0.6 is 0 Å². The molecule has 0 saturated heterocycles. The number of rotatable bonds is 5. The molecule has 1 fully saturated rings. The van der Waals surface area contributed by atoms with E-state index in [1.807, 2.05) is 19.1 Å². The maximum Gasteiger partial charge on any atom is 0.224 e. The molecule has 1 aromatic carbocycles. The quantitative estimate of drug-likeness (QED) is 0.864. The molecule has 0 aromatic heterocycles. The molecule has 1 N–H and O–H groups in total. The predicted molar refractivity (Wildman–Crippen MR) is 73.1 cm³/mol. The summed E-state index contributed by atoms with van der Waals surface area (Å²) >= 11 is 0. The van der Waals surface area contributed by atoms with Gasteiger partial charge in [0, 0.05) is 12.1 Å². The number of carbonyl (C=O) groups is 1. The van der Waals surface area contributed by atoms with Crippen molar-refractivity contribution < 1.29 is 9.53 Å². The summed E-state index contributed by atoms with van der Waals surface area (Å²) in [6.45, 7) is 4.25. The third-order valence-electron chi connectivity index (χ3n) is 3.52. The SMILES string of the molecule is CCCC(=O)Nc1ccc(OC)cc1C1CC1C. The largest absolute Gasteiger partial charge is 0.497 e. The Bertz CT molecular complexity index is 442. The smallest absolute Gasteiger partial charge is 0.224 e. The van der Waals surface area contributed by atoms with Gasteiger partial charge in [-0.1, -0.05) is 13.8 Å². The molecule has 1 aliphatic rings. The summed E-state index contributed by atoms with van der Waals surface area (Å²) in [6, 6.07) is 5.90. The summed E-state index contributed by atoms with van der Waals surface area (Å²) in [5, 5.41) is 3.01. The van der Waals surface area contributed by atoms with E-state index in [0.717, 1.165) is 17.9 Å². The molecule has 18 heavy (non-hydrogen) atoms. The molecule has 3 heteroatoms. The van der Waals surface area contributed by atoms with Crippen LogP contribution < -0.4 is 10.1 Å². The predicted octanol–water partition coefficient (Wildman–Crippen LogP) is 3.56. The highest BCUT2D eigenvalue weighted by Gasteiger charge is 2.36. The fraction of sp³-hybridized carbons (Fsp3) is 0.533. The van der Waals surface area contributed by atoms with Crippen molar-refractivity contribution in [3.8, 4) is 5.75 Å². The van der Waals surface area contributed by atoms with Crippen LogP contribution in [0, 0.1) is 5.92 Å². The van der Waals surface area contributed by atoms with E-state index in [-0.39, 0.29) is 5.91 Å². The summed E-state index contributed by atoms with van der Waals surface area (Å²) in [4.78, 5) is 11.7. The van der Waals surface area contributed by atoms with Gasteiger partial charge in [0.2, 0.25) is 5.91 Å². The van der Waals surface area contributed by atoms with Gasteiger partial charge in [0.1, 0.15) is 5.75 Å². The number of ether oxygens (including phenoxy) is 1. The highest BCUT2D eigenvalue weighted by atomic mass is 16.5. The summed E-state index contributed by atoms with van der Waals surface area (Å²) in [5.41, 5.74) is 2.16. The average molecular weight is 247 g/mol. The zero-order valence-corrected chi connectivity index (χ0v) is 11.3. The molecule has 0 aliphatic heterocycles. The molecule has 0 bridgehead atoms. The summed E-state index contributed by atoms with van der Waals surface area (Å²) < 4.78 is 5.26. The van der Waals surface area contributed by atoms with Gasteiger partial charge in [-0.15, -0.1) is 0 Å². The van der Waals surface area contributed by atoms with Crippen LogP contribution in [0.3, 0.4) is 0 Å². The number of nitrogens with one attached hydrogen (secondary N) is 1. The minimum Gasteiger partial charge on any atom is -0.497 e. The van der Waals surface area contributed by atoms with Crippen molar-refractivity contribution in [1.29, 1.82) is 0 Å². The molecule has 1 aromatic rings. The first-order chi connectivity index (χ1) is 8.65. The van der Waals surface area contributed by atoms with Gasteiger partial charge in [-0.2, -0.15) is 0 Å². The summed E-state index contributed by atoms with van der Waals surface area (Å²) in [5.74, 6) is 2.23. The normalized spacial score (nSPS) is 21.5. The molecule has 2 rings (SSSR count). The van der Waals surface area contributed by atoms with Crippen LogP contribution in [-0.2, 0) is 4.79 Å². The Hall–Kier alpha value is -1.51. The topological polar surface area (TPSA) is 38.3 Å². The second-order valence-electron chi connectivity index (χ2n) is 5.07. The summed E-state index contributed by atoms with van der Waals surface area (Å²) in [7, 11) is 1.67. The molecule has 0 radical (unpaired) electrons. The molecule has 1 amide bonds. The Morgan fingerprint density at radius 3 is 2.78 bits per heavy atom. The van der Waals surface area contributed by atoms with E-state index < -0.39 is 0 Å². The van der Waals surface area contributed by atoms with Crippen LogP contribution in [0.25, 0.3) is 0 Å². The van der Waals surface area contributed by atoms with Crippen molar-refractivity contribution in [1.82, 2.24) is 0 Å². The van der Waals surface area contributed by atoms with Crippen molar-refractivity contribution in [2.45, 2.75) is 39.0 Å². The minimum absolute atomic E-state index is 0.0946. The number of methoxy groups -OCH3 is 1. The number of hydrogen-bond acceptors (Lipinski definition) is 2. The molecule has 2 unspecified atom stereocenters. The molecule has 3 nitrogen and oxygen atoms in total.